The third-order valence-electron chi connectivity index (χ3n) is 3.34. The Balaban J connectivity index is 3.08. The van der Waals surface area contributed by atoms with Gasteiger partial charge in [-0.05, 0) is 25.7 Å². The zero-order valence-electron chi connectivity index (χ0n) is 11.8. The lowest BCUT2D eigenvalue weighted by molar-refractivity contribution is 0.148. The van der Waals surface area contributed by atoms with E-state index in [9.17, 15) is 5.11 Å². The van der Waals surface area contributed by atoms with Crippen molar-refractivity contribution in [3.8, 4) is 0 Å². The van der Waals surface area contributed by atoms with E-state index in [4.69, 9.17) is 0 Å². The van der Waals surface area contributed by atoms with E-state index < -0.39 is 0 Å². The Morgan fingerprint density at radius 2 is 1.41 bits per heavy atom. The molecule has 1 nitrogen and oxygen atoms in total. The first-order chi connectivity index (χ1) is 8.31. The average molecular weight is 240 g/mol. The lowest BCUT2D eigenvalue weighted by Crippen LogP contribution is -2.05. The first-order valence-corrected chi connectivity index (χ1v) is 7.60. The zero-order valence-corrected chi connectivity index (χ0v) is 11.8. The van der Waals surface area contributed by atoms with Gasteiger partial charge < -0.3 is 5.11 Å². The third-order valence-corrected chi connectivity index (χ3v) is 3.34. The molecule has 0 aliphatic carbocycles. The minimum atomic E-state index is -0.0740. The first kappa shape index (κ1) is 16.7. The smallest absolute Gasteiger partial charge is 0.0540 e. The van der Waals surface area contributed by atoms with Gasteiger partial charge in [0.05, 0.1) is 6.10 Å². The van der Waals surface area contributed by atoms with Crippen LogP contribution in [0, 0.1) is 0 Å². The summed E-state index contributed by atoms with van der Waals surface area (Å²) in [6, 6.07) is 0. The third kappa shape index (κ3) is 13.6. The molecule has 1 atom stereocenters. The highest BCUT2D eigenvalue weighted by Gasteiger charge is 2.02. The minimum absolute atomic E-state index is 0.0740. The molecule has 1 unspecified atom stereocenters. The van der Waals surface area contributed by atoms with Crippen molar-refractivity contribution in [1.82, 2.24) is 0 Å². The number of aliphatic hydroxyl groups excluding tert-OH is 1. The molecular weight excluding hydrogens is 208 g/mol. The van der Waals surface area contributed by atoms with E-state index in [0.29, 0.717) is 0 Å². The SMILES string of the molecule is C=CCCCC(O)CCCCCCCCCC. The van der Waals surface area contributed by atoms with Crippen molar-refractivity contribution in [3.05, 3.63) is 12.7 Å². The zero-order chi connectivity index (χ0) is 12.8. The van der Waals surface area contributed by atoms with Gasteiger partial charge in [0.2, 0.25) is 0 Å². The first-order valence-electron chi connectivity index (χ1n) is 7.60. The molecule has 0 aromatic heterocycles. The summed E-state index contributed by atoms with van der Waals surface area (Å²) in [5.41, 5.74) is 0. The van der Waals surface area contributed by atoms with Crippen LogP contribution in [0.4, 0.5) is 0 Å². The monoisotopic (exact) mass is 240 g/mol. The molecule has 0 bridgehead atoms. The molecule has 0 aromatic rings. The summed E-state index contributed by atoms with van der Waals surface area (Å²) < 4.78 is 0. The summed E-state index contributed by atoms with van der Waals surface area (Å²) in [4.78, 5) is 0. The van der Waals surface area contributed by atoms with Gasteiger partial charge in [0.25, 0.3) is 0 Å². The molecule has 0 saturated heterocycles. The van der Waals surface area contributed by atoms with Crippen LogP contribution in [-0.4, -0.2) is 11.2 Å². The number of hydrogen-bond donors (Lipinski definition) is 1. The lowest BCUT2D eigenvalue weighted by atomic mass is 10.0. The number of hydrogen-bond acceptors (Lipinski definition) is 1. The van der Waals surface area contributed by atoms with Crippen molar-refractivity contribution in [1.29, 1.82) is 0 Å². The van der Waals surface area contributed by atoms with E-state index in [1.54, 1.807) is 0 Å². The molecule has 0 aliphatic rings. The fourth-order valence-corrected chi connectivity index (χ4v) is 2.16. The molecule has 0 spiro atoms. The van der Waals surface area contributed by atoms with E-state index >= 15 is 0 Å². The van der Waals surface area contributed by atoms with Crippen LogP contribution in [0.1, 0.15) is 84.0 Å². The van der Waals surface area contributed by atoms with Crippen LogP contribution >= 0.6 is 0 Å². The molecule has 0 saturated carbocycles. The molecule has 0 rings (SSSR count). The Labute approximate surface area is 108 Å². The Hall–Kier alpha value is -0.300. The quantitative estimate of drug-likeness (QED) is 0.345. The topological polar surface area (TPSA) is 20.2 Å². The van der Waals surface area contributed by atoms with Gasteiger partial charge in [0.1, 0.15) is 0 Å². The molecule has 0 radical (unpaired) electrons. The number of aliphatic hydroxyl groups is 1. The van der Waals surface area contributed by atoms with Gasteiger partial charge in [-0.2, -0.15) is 0 Å². The standard InChI is InChI=1S/C16H32O/c1-3-5-7-8-9-10-11-13-15-16(17)14-12-6-4-2/h4,16-17H,2-3,5-15H2,1H3. The maximum Gasteiger partial charge on any atom is 0.0540 e. The number of allylic oxidation sites excluding steroid dienone is 1. The van der Waals surface area contributed by atoms with Crippen LogP contribution in [0.2, 0.25) is 0 Å². The summed E-state index contributed by atoms with van der Waals surface area (Å²) in [5, 5.41) is 9.71. The fraction of sp³-hybridized carbons (Fsp3) is 0.875. The van der Waals surface area contributed by atoms with E-state index in [-0.39, 0.29) is 6.10 Å². The van der Waals surface area contributed by atoms with Gasteiger partial charge in [-0.1, -0.05) is 64.4 Å². The van der Waals surface area contributed by atoms with Crippen LogP contribution < -0.4 is 0 Å². The van der Waals surface area contributed by atoms with Crippen molar-refractivity contribution in [2.45, 2.75) is 90.1 Å². The van der Waals surface area contributed by atoms with Crippen molar-refractivity contribution in [3.63, 3.8) is 0 Å². The van der Waals surface area contributed by atoms with Crippen LogP contribution in [0.5, 0.6) is 0 Å². The van der Waals surface area contributed by atoms with Crippen molar-refractivity contribution < 1.29 is 5.11 Å². The maximum atomic E-state index is 9.71. The van der Waals surface area contributed by atoms with Gasteiger partial charge in [0.15, 0.2) is 0 Å². The second-order valence-corrected chi connectivity index (χ2v) is 5.14. The van der Waals surface area contributed by atoms with Crippen LogP contribution in [-0.2, 0) is 0 Å². The highest BCUT2D eigenvalue weighted by atomic mass is 16.3. The van der Waals surface area contributed by atoms with Gasteiger partial charge in [-0.3, -0.25) is 0 Å². The van der Waals surface area contributed by atoms with Crippen LogP contribution in [0.15, 0.2) is 12.7 Å². The van der Waals surface area contributed by atoms with Gasteiger partial charge in [-0.25, -0.2) is 0 Å². The molecule has 0 aromatic carbocycles. The summed E-state index contributed by atoms with van der Waals surface area (Å²) in [6.07, 6.45) is 16.7. The molecule has 0 aliphatic heterocycles. The highest BCUT2D eigenvalue weighted by Crippen LogP contribution is 2.12. The Morgan fingerprint density at radius 3 is 2.00 bits per heavy atom. The van der Waals surface area contributed by atoms with Crippen molar-refractivity contribution in [2.75, 3.05) is 0 Å². The predicted molar refractivity (Wildman–Crippen MR) is 77.3 cm³/mol. The fourth-order valence-electron chi connectivity index (χ4n) is 2.16. The Bertz CT molecular complexity index is 154. The van der Waals surface area contributed by atoms with Crippen molar-refractivity contribution in [2.24, 2.45) is 0 Å². The Kier molecular flexibility index (Phi) is 13.5. The summed E-state index contributed by atoms with van der Waals surface area (Å²) in [6.45, 7) is 5.95. The predicted octanol–water partition coefficient (Wildman–Crippen LogP) is 5.23. The number of unbranched alkanes of at least 4 members (excludes halogenated alkanes) is 8. The maximum absolute atomic E-state index is 9.71. The highest BCUT2D eigenvalue weighted by molar-refractivity contribution is 4.67. The normalized spacial score (nSPS) is 12.6. The summed E-state index contributed by atoms with van der Waals surface area (Å²) in [7, 11) is 0. The van der Waals surface area contributed by atoms with Gasteiger partial charge in [0, 0.05) is 0 Å². The van der Waals surface area contributed by atoms with Crippen LogP contribution in [0.25, 0.3) is 0 Å². The molecule has 0 heterocycles. The molecule has 1 N–H and O–H groups in total. The molecule has 0 fully saturated rings. The molecule has 1 heteroatoms. The summed E-state index contributed by atoms with van der Waals surface area (Å²) in [5.74, 6) is 0. The number of rotatable bonds is 13. The van der Waals surface area contributed by atoms with E-state index in [1.165, 1.54) is 51.4 Å². The van der Waals surface area contributed by atoms with Gasteiger partial charge >= 0.3 is 0 Å². The molecule has 0 amide bonds. The second-order valence-electron chi connectivity index (χ2n) is 5.14. The second kappa shape index (κ2) is 13.8. The van der Waals surface area contributed by atoms with Crippen molar-refractivity contribution >= 4 is 0 Å². The van der Waals surface area contributed by atoms with E-state index in [0.717, 1.165) is 25.7 Å². The minimum Gasteiger partial charge on any atom is -0.393 e. The van der Waals surface area contributed by atoms with Crippen LogP contribution in [0.3, 0.4) is 0 Å². The van der Waals surface area contributed by atoms with Gasteiger partial charge in [-0.15, -0.1) is 6.58 Å². The molecule has 17 heavy (non-hydrogen) atoms. The Morgan fingerprint density at radius 1 is 0.882 bits per heavy atom. The summed E-state index contributed by atoms with van der Waals surface area (Å²) >= 11 is 0. The average Bonchev–Trinajstić information content (AvgIpc) is 2.33. The molecular formula is C16H32O. The molecule has 102 valence electrons. The van der Waals surface area contributed by atoms with E-state index in [1.807, 2.05) is 6.08 Å². The lowest BCUT2D eigenvalue weighted by Gasteiger charge is -2.09. The largest absolute Gasteiger partial charge is 0.393 e. The van der Waals surface area contributed by atoms with E-state index in [2.05, 4.69) is 13.5 Å².